The van der Waals surface area contributed by atoms with Crippen LogP contribution >= 0.6 is 24.0 Å². The Bertz CT molecular complexity index is 585. The van der Waals surface area contributed by atoms with Crippen molar-refractivity contribution in [3.05, 3.63) is 35.4 Å². The predicted molar refractivity (Wildman–Crippen MR) is 130 cm³/mol. The van der Waals surface area contributed by atoms with Crippen LogP contribution in [0.1, 0.15) is 49.5 Å². The summed E-state index contributed by atoms with van der Waals surface area (Å²) in [7, 11) is 5.31. The SMILES string of the molecule is CCN(CC)CCCC(C)NC(=NC)NCc1ccc(C(=O)N(C)C)cc1.I. The summed E-state index contributed by atoms with van der Waals surface area (Å²) >= 11 is 0. The lowest BCUT2D eigenvalue weighted by Gasteiger charge is -2.21. The first-order valence-corrected chi connectivity index (χ1v) is 9.91. The zero-order valence-corrected chi connectivity index (χ0v) is 20.6. The highest BCUT2D eigenvalue weighted by Gasteiger charge is 2.09. The molecule has 0 fully saturated rings. The molecule has 0 saturated heterocycles. The number of rotatable bonds is 10. The molecule has 1 amide bonds. The lowest BCUT2D eigenvalue weighted by molar-refractivity contribution is 0.0827. The van der Waals surface area contributed by atoms with Crippen LogP contribution in [0, 0.1) is 0 Å². The summed E-state index contributed by atoms with van der Waals surface area (Å²) < 4.78 is 0. The minimum atomic E-state index is 0. The largest absolute Gasteiger partial charge is 0.354 e. The zero-order valence-electron chi connectivity index (χ0n) is 18.3. The number of halogens is 1. The average molecular weight is 503 g/mol. The van der Waals surface area contributed by atoms with E-state index in [0.29, 0.717) is 18.2 Å². The third-order valence-corrected chi connectivity index (χ3v) is 4.68. The number of benzene rings is 1. The van der Waals surface area contributed by atoms with Crippen LogP contribution in [-0.2, 0) is 6.54 Å². The Hall–Kier alpha value is -1.35. The van der Waals surface area contributed by atoms with Crippen molar-refractivity contribution in [2.75, 3.05) is 40.8 Å². The van der Waals surface area contributed by atoms with Gasteiger partial charge in [0.1, 0.15) is 0 Å². The molecule has 1 rings (SSSR count). The monoisotopic (exact) mass is 503 g/mol. The molecule has 28 heavy (non-hydrogen) atoms. The summed E-state index contributed by atoms with van der Waals surface area (Å²) in [6, 6.07) is 8.05. The lowest BCUT2D eigenvalue weighted by atomic mass is 10.1. The first-order chi connectivity index (χ1) is 12.9. The number of carbonyl (C=O) groups is 1. The Kier molecular flexibility index (Phi) is 13.9. The van der Waals surface area contributed by atoms with Crippen LogP contribution in [-0.4, -0.2) is 68.5 Å². The van der Waals surface area contributed by atoms with Crippen molar-refractivity contribution in [2.24, 2.45) is 4.99 Å². The molecule has 2 N–H and O–H groups in total. The number of hydrogen-bond acceptors (Lipinski definition) is 3. The minimum Gasteiger partial charge on any atom is -0.354 e. The van der Waals surface area contributed by atoms with Gasteiger partial charge in [-0.1, -0.05) is 26.0 Å². The molecule has 6 nitrogen and oxygen atoms in total. The fourth-order valence-corrected chi connectivity index (χ4v) is 2.87. The van der Waals surface area contributed by atoms with Crippen LogP contribution in [0.5, 0.6) is 0 Å². The number of hydrogen-bond donors (Lipinski definition) is 2. The molecule has 0 saturated carbocycles. The van der Waals surface area contributed by atoms with E-state index in [1.54, 1.807) is 26.0 Å². The molecular weight excluding hydrogens is 465 g/mol. The van der Waals surface area contributed by atoms with Gasteiger partial charge in [-0.05, 0) is 57.1 Å². The van der Waals surface area contributed by atoms with Crippen molar-refractivity contribution < 1.29 is 4.79 Å². The highest BCUT2D eigenvalue weighted by atomic mass is 127. The van der Waals surface area contributed by atoms with E-state index in [-0.39, 0.29) is 29.9 Å². The van der Waals surface area contributed by atoms with Gasteiger partial charge < -0.3 is 20.4 Å². The number of nitrogens with zero attached hydrogens (tertiary/aromatic N) is 3. The molecule has 0 heterocycles. The number of guanidine groups is 1. The second-order valence-corrected chi connectivity index (χ2v) is 7.04. The molecule has 1 aromatic carbocycles. The molecule has 1 aromatic rings. The zero-order chi connectivity index (χ0) is 20.2. The van der Waals surface area contributed by atoms with E-state index in [4.69, 9.17) is 0 Å². The molecular formula is C21H38IN5O. The number of carbonyl (C=O) groups excluding carboxylic acids is 1. The molecule has 160 valence electrons. The van der Waals surface area contributed by atoms with E-state index >= 15 is 0 Å². The van der Waals surface area contributed by atoms with Crippen molar-refractivity contribution in [1.29, 1.82) is 0 Å². The van der Waals surface area contributed by atoms with Gasteiger partial charge in [-0.15, -0.1) is 24.0 Å². The highest BCUT2D eigenvalue weighted by Crippen LogP contribution is 2.06. The van der Waals surface area contributed by atoms with Gasteiger partial charge in [0.2, 0.25) is 0 Å². The smallest absolute Gasteiger partial charge is 0.253 e. The van der Waals surface area contributed by atoms with Crippen LogP contribution in [0.25, 0.3) is 0 Å². The maximum atomic E-state index is 11.9. The Morgan fingerprint density at radius 1 is 1.14 bits per heavy atom. The van der Waals surface area contributed by atoms with Crippen molar-refractivity contribution >= 4 is 35.8 Å². The molecule has 7 heteroatoms. The standard InChI is InChI=1S/C21H37N5O.HI/c1-7-26(8-2)15-9-10-17(3)24-21(22-4)23-16-18-11-13-19(14-12-18)20(27)25(5)6;/h11-14,17H,7-10,15-16H2,1-6H3,(H2,22,23,24);1H. The molecule has 0 aliphatic rings. The van der Waals surface area contributed by atoms with Crippen LogP contribution in [0.4, 0.5) is 0 Å². The van der Waals surface area contributed by atoms with E-state index in [1.165, 1.54) is 6.42 Å². The van der Waals surface area contributed by atoms with Crippen LogP contribution in [0.2, 0.25) is 0 Å². The molecule has 0 spiro atoms. The highest BCUT2D eigenvalue weighted by molar-refractivity contribution is 14.0. The topological polar surface area (TPSA) is 60.0 Å². The molecule has 0 aromatic heterocycles. The van der Waals surface area contributed by atoms with Gasteiger partial charge in [0.05, 0.1) is 0 Å². The fourth-order valence-electron chi connectivity index (χ4n) is 2.87. The van der Waals surface area contributed by atoms with Gasteiger partial charge in [-0.2, -0.15) is 0 Å². The van der Waals surface area contributed by atoms with Gasteiger partial charge in [-0.3, -0.25) is 9.79 Å². The first-order valence-electron chi connectivity index (χ1n) is 9.91. The first kappa shape index (κ1) is 26.6. The summed E-state index contributed by atoms with van der Waals surface area (Å²) in [6.45, 7) is 10.6. The summed E-state index contributed by atoms with van der Waals surface area (Å²) in [5.74, 6) is 0.823. The van der Waals surface area contributed by atoms with Crippen molar-refractivity contribution in [1.82, 2.24) is 20.4 Å². The number of nitrogens with one attached hydrogen (secondary N) is 2. The van der Waals surface area contributed by atoms with E-state index in [0.717, 1.165) is 37.6 Å². The Balaban J connectivity index is 0.00000729. The van der Waals surface area contributed by atoms with Crippen LogP contribution < -0.4 is 10.6 Å². The van der Waals surface area contributed by atoms with Gasteiger partial charge in [0.25, 0.3) is 5.91 Å². The molecule has 0 aliphatic heterocycles. The van der Waals surface area contributed by atoms with Crippen molar-refractivity contribution in [3.63, 3.8) is 0 Å². The number of aliphatic imine (C=N–C) groups is 1. The summed E-state index contributed by atoms with van der Waals surface area (Å²) in [5, 5.41) is 6.79. The molecule has 1 atom stereocenters. The Morgan fingerprint density at radius 2 is 1.75 bits per heavy atom. The summed E-state index contributed by atoms with van der Waals surface area (Å²) in [6.07, 6.45) is 2.28. The maximum absolute atomic E-state index is 11.9. The van der Waals surface area contributed by atoms with Gasteiger partial charge >= 0.3 is 0 Å². The Morgan fingerprint density at radius 3 is 2.25 bits per heavy atom. The molecule has 0 radical (unpaired) electrons. The lowest BCUT2D eigenvalue weighted by Crippen LogP contribution is -2.42. The van der Waals surface area contributed by atoms with E-state index in [2.05, 4.69) is 41.3 Å². The van der Waals surface area contributed by atoms with Gasteiger partial charge in [0.15, 0.2) is 5.96 Å². The van der Waals surface area contributed by atoms with E-state index in [9.17, 15) is 4.79 Å². The average Bonchev–Trinajstić information content (AvgIpc) is 2.68. The van der Waals surface area contributed by atoms with E-state index < -0.39 is 0 Å². The maximum Gasteiger partial charge on any atom is 0.253 e. The normalized spacial score (nSPS) is 12.3. The summed E-state index contributed by atoms with van der Waals surface area (Å²) in [5.41, 5.74) is 1.82. The Labute approximate surface area is 188 Å². The minimum absolute atomic E-state index is 0. The van der Waals surface area contributed by atoms with Crippen LogP contribution in [0.3, 0.4) is 0 Å². The third kappa shape index (κ3) is 9.73. The number of amides is 1. The van der Waals surface area contributed by atoms with Crippen LogP contribution in [0.15, 0.2) is 29.3 Å². The van der Waals surface area contributed by atoms with Gasteiger partial charge in [0, 0.05) is 39.3 Å². The molecule has 0 aliphatic carbocycles. The second-order valence-electron chi connectivity index (χ2n) is 7.04. The summed E-state index contributed by atoms with van der Waals surface area (Å²) in [4.78, 5) is 20.3. The molecule has 1 unspecified atom stereocenters. The van der Waals surface area contributed by atoms with Gasteiger partial charge in [-0.25, -0.2) is 0 Å². The van der Waals surface area contributed by atoms with Crippen molar-refractivity contribution in [2.45, 2.75) is 46.2 Å². The van der Waals surface area contributed by atoms with Crippen molar-refractivity contribution in [3.8, 4) is 0 Å². The third-order valence-electron chi connectivity index (χ3n) is 4.68. The molecule has 0 bridgehead atoms. The predicted octanol–water partition coefficient (Wildman–Crippen LogP) is 3.18. The second kappa shape index (κ2) is 14.6. The van der Waals surface area contributed by atoms with E-state index in [1.807, 2.05) is 24.3 Å². The fraction of sp³-hybridized carbons (Fsp3) is 0.619. The quantitative estimate of drug-likeness (QED) is 0.293.